The van der Waals surface area contributed by atoms with E-state index in [1.165, 1.54) is 23.5 Å². The Kier molecular flexibility index (Phi) is 4.87. The predicted molar refractivity (Wildman–Crippen MR) is 95.6 cm³/mol. The number of nitrogens with one attached hydrogen (secondary N) is 1. The molecule has 0 bridgehead atoms. The van der Waals surface area contributed by atoms with Crippen LogP contribution in [0.5, 0.6) is 0 Å². The lowest BCUT2D eigenvalue weighted by molar-refractivity contribution is 0.555. The number of thiazole rings is 1. The van der Waals surface area contributed by atoms with Gasteiger partial charge in [-0.1, -0.05) is 24.8 Å². The molecule has 1 aromatic heterocycles. The van der Waals surface area contributed by atoms with Gasteiger partial charge in [0.15, 0.2) is 10.8 Å². The molecule has 1 aromatic carbocycles. The van der Waals surface area contributed by atoms with Crippen molar-refractivity contribution in [3.63, 3.8) is 0 Å². The van der Waals surface area contributed by atoms with E-state index in [-0.39, 0.29) is 11.9 Å². The van der Waals surface area contributed by atoms with Gasteiger partial charge in [-0.3, -0.25) is 5.41 Å². The largest absolute Gasteiger partial charge is 0.326 e. The van der Waals surface area contributed by atoms with Crippen molar-refractivity contribution in [2.75, 3.05) is 6.54 Å². The van der Waals surface area contributed by atoms with Gasteiger partial charge in [0.2, 0.25) is 0 Å². The van der Waals surface area contributed by atoms with Crippen molar-refractivity contribution in [1.29, 1.82) is 5.41 Å². The van der Waals surface area contributed by atoms with Crippen LogP contribution in [0.1, 0.15) is 17.0 Å². The Morgan fingerprint density at radius 2 is 2.38 bits per heavy atom. The first-order valence-electron chi connectivity index (χ1n) is 7.69. The summed E-state index contributed by atoms with van der Waals surface area (Å²) in [6, 6.07) is 6.50. The number of nitrogens with zero attached hydrogens (tertiary/aromatic N) is 2. The van der Waals surface area contributed by atoms with Crippen molar-refractivity contribution < 1.29 is 4.39 Å². The maximum atomic E-state index is 13.4. The Labute approximate surface area is 144 Å². The van der Waals surface area contributed by atoms with E-state index in [0.717, 1.165) is 16.8 Å². The topological polar surface area (TPSA) is 66.0 Å². The third-order valence-electron chi connectivity index (χ3n) is 4.00. The lowest BCUT2D eigenvalue weighted by atomic mass is 10.0. The van der Waals surface area contributed by atoms with Crippen molar-refractivity contribution in [2.45, 2.75) is 18.9 Å². The highest BCUT2D eigenvalue weighted by atomic mass is 32.1. The maximum Gasteiger partial charge on any atom is 0.161 e. The van der Waals surface area contributed by atoms with Crippen LogP contribution in [0, 0.1) is 11.2 Å². The Morgan fingerprint density at radius 3 is 3.04 bits per heavy atom. The second-order valence-corrected chi connectivity index (χ2v) is 6.64. The van der Waals surface area contributed by atoms with Crippen molar-refractivity contribution in [1.82, 2.24) is 9.88 Å². The van der Waals surface area contributed by atoms with Crippen LogP contribution < -0.4 is 5.73 Å². The molecule has 0 spiro atoms. The zero-order valence-electron chi connectivity index (χ0n) is 13.2. The van der Waals surface area contributed by atoms with Crippen molar-refractivity contribution in [3.8, 4) is 0 Å². The summed E-state index contributed by atoms with van der Waals surface area (Å²) < 4.78 is 13.4. The summed E-state index contributed by atoms with van der Waals surface area (Å²) in [5.41, 5.74) is 8.95. The molecule has 3 N–H and O–H groups in total. The molecule has 1 atom stereocenters. The van der Waals surface area contributed by atoms with Gasteiger partial charge in [-0.2, -0.15) is 0 Å². The van der Waals surface area contributed by atoms with Crippen LogP contribution in [-0.2, 0) is 6.42 Å². The van der Waals surface area contributed by atoms with Crippen LogP contribution in [0.25, 0.3) is 0 Å². The molecular weight excluding hydrogens is 323 g/mol. The average Bonchev–Trinajstić information content (AvgIpc) is 3.21. The lowest BCUT2D eigenvalue weighted by Gasteiger charge is -2.22. The Hall–Kier alpha value is -2.31. The highest BCUT2D eigenvalue weighted by Crippen LogP contribution is 2.28. The molecule has 0 saturated carbocycles. The van der Waals surface area contributed by atoms with Gasteiger partial charge in [0.05, 0.1) is 0 Å². The molecule has 1 saturated heterocycles. The summed E-state index contributed by atoms with van der Waals surface area (Å²) in [4.78, 5) is 6.12. The number of amidine groups is 1. The quantitative estimate of drug-likeness (QED) is 0.662. The van der Waals surface area contributed by atoms with E-state index < -0.39 is 0 Å². The molecule has 0 aliphatic carbocycles. The minimum atomic E-state index is -0.253. The summed E-state index contributed by atoms with van der Waals surface area (Å²) in [7, 11) is 0. The number of hydrogen-bond acceptors (Lipinski definition) is 4. The monoisotopic (exact) mass is 342 g/mol. The summed E-state index contributed by atoms with van der Waals surface area (Å²) in [5, 5.41) is 11.0. The van der Waals surface area contributed by atoms with Gasteiger partial charge in [-0.15, -0.1) is 11.3 Å². The van der Waals surface area contributed by atoms with Crippen molar-refractivity contribution in [3.05, 3.63) is 76.2 Å². The zero-order valence-corrected chi connectivity index (χ0v) is 14.0. The van der Waals surface area contributed by atoms with Gasteiger partial charge in [0.1, 0.15) is 5.82 Å². The molecule has 1 unspecified atom stereocenters. The number of hydrogen-bond donors (Lipinski definition) is 2. The first-order chi connectivity index (χ1) is 11.6. The van der Waals surface area contributed by atoms with Crippen LogP contribution in [0.4, 0.5) is 4.39 Å². The van der Waals surface area contributed by atoms with Crippen LogP contribution in [-0.4, -0.2) is 28.3 Å². The Morgan fingerprint density at radius 1 is 1.54 bits per heavy atom. The Balaban J connectivity index is 1.93. The van der Waals surface area contributed by atoms with E-state index in [1.54, 1.807) is 18.3 Å². The minimum Gasteiger partial charge on any atom is -0.326 e. The number of allylic oxidation sites excluding steroid dienone is 2. The van der Waals surface area contributed by atoms with Crippen LogP contribution in [0.15, 0.2) is 59.8 Å². The first kappa shape index (κ1) is 16.5. The molecule has 1 aliphatic rings. The van der Waals surface area contributed by atoms with Gasteiger partial charge >= 0.3 is 0 Å². The number of halogens is 1. The predicted octanol–water partition coefficient (Wildman–Crippen LogP) is 3.32. The first-order valence-corrected chi connectivity index (χ1v) is 8.57. The molecule has 2 heterocycles. The average molecular weight is 342 g/mol. The fourth-order valence-corrected chi connectivity index (χ4v) is 3.51. The third kappa shape index (κ3) is 3.44. The second kappa shape index (κ2) is 7.07. The number of rotatable bonds is 4. The summed E-state index contributed by atoms with van der Waals surface area (Å²) in [5.74, 6) is 0.1000. The van der Waals surface area contributed by atoms with Crippen LogP contribution in [0.3, 0.4) is 0 Å². The van der Waals surface area contributed by atoms with Crippen LogP contribution in [0.2, 0.25) is 0 Å². The Bertz CT molecular complexity index is 782. The second-order valence-electron chi connectivity index (χ2n) is 5.74. The highest BCUT2D eigenvalue weighted by molar-refractivity contribution is 7.11. The molecule has 1 aliphatic heterocycles. The molecule has 4 nitrogen and oxygen atoms in total. The number of nitrogens with two attached hydrogens (primary N) is 1. The normalized spacial score (nSPS) is 19.4. The van der Waals surface area contributed by atoms with Gasteiger partial charge in [0, 0.05) is 36.3 Å². The molecule has 2 aromatic rings. The standard InChI is InChI=1S/C18H19FN4S/c1-2-13(8-12-4-3-5-14(19)9-12)16-10-15(20)11-23(16)17(21)18-22-6-7-24-18/h2-7,9,15,21H,1,8,10-11,20H2/b16-13-,21-17?. The smallest absolute Gasteiger partial charge is 0.161 e. The number of likely N-dealkylation sites (tertiary alicyclic amines) is 1. The minimum absolute atomic E-state index is 0.0391. The van der Waals surface area contributed by atoms with Gasteiger partial charge in [-0.05, 0) is 29.7 Å². The molecule has 0 radical (unpaired) electrons. The summed E-state index contributed by atoms with van der Waals surface area (Å²) in [6.07, 6.45) is 4.70. The fraction of sp³-hybridized carbons (Fsp3) is 0.222. The van der Waals surface area contributed by atoms with E-state index in [4.69, 9.17) is 11.1 Å². The van der Waals surface area contributed by atoms with Crippen LogP contribution >= 0.6 is 11.3 Å². The zero-order chi connectivity index (χ0) is 17.1. The maximum absolute atomic E-state index is 13.4. The van der Waals surface area contributed by atoms with E-state index in [2.05, 4.69) is 11.6 Å². The number of benzene rings is 1. The summed E-state index contributed by atoms with van der Waals surface area (Å²) in [6.45, 7) is 4.48. The SMILES string of the molecule is C=C/C(Cc1cccc(F)c1)=C1\CC(N)CN1C(=N)c1nccs1. The highest BCUT2D eigenvalue weighted by Gasteiger charge is 2.30. The molecule has 0 amide bonds. The van der Waals surface area contributed by atoms with Gasteiger partial charge < -0.3 is 10.6 Å². The van der Waals surface area contributed by atoms with E-state index >= 15 is 0 Å². The third-order valence-corrected chi connectivity index (χ3v) is 4.78. The van der Waals surface area contributed by atoms with E-state index in [1.807, 2.05) is 16.3 Å². The number of aromatic nitrogens is 1. The molecule has 124 valence electrons. The molecule has 3 rings (SSSR count). The molecule has 1 fully saturated rings. The van der Waals surface area contributed by atoms with Gasteiger partial charge in [-0.25, -0.2) is 9.37 Å². The van der Waals surface area contributed by atoms with E-state index in [9.17, 15) is 4.39 Å². The molecule has 24 heavy (non-hydrogen) atoms. The van der Waals surface area contributed by atoms with E-state index in [0.29, 0.717) is 30.2 Å². The fourth-order valence-electron chi connectivity index (χ4n) is 2.91. The molecular formula is C18H19FN4S. The lowest BCUT2D eigenvalue weighted by Crippen LogP contribution is -2.31. The summed E-state index contributed by atoms with van der Waals surface area (Å²) >= 11 is 1.43. The van der Waals surface area contributed by atoms with Crippen molar-refractivity contribution in [2.24, 2.45) is 5.73 Å². The molecule has 6 heteroatoms. The van der Waals surface area contributed by atoms with Gasteiger partial charge in [0.25, 0.3) is 0 Å². The van der Waals surface area contributed by atoms with Crippen molar-refractivity contribution >= 4 is 17.2 Å².